The van der Waals surface area contributed by atoms with Gasteiger partial charge < -0.3 is 14.8 Å². The van der Waals surface area contributed by atoms with Gasteiger partial charge >= 0.3 is 5.97 Å². The Bertz CT molecular complexity index is 253. The van der Waals surface area contributed by atoms with Gasteiger partial charge in [0.2, 0.25) is 0 Å². The normalized spacial score (nSPS) is 38.7. The molecule has 4 nitrogen and oxygen atoms in total. The first-order valence-corrected chi connectivity index (χ1v) is 6.72. The number of hydrogen-bond acceptors (Lipinski definition) is 4. The van der Waals surface area contributed by atoms with Crippen LogP contribution in [0.1, 0.15) is 39.5 Å². The standard InChI is InChI=1S/C13H23NO3/c1-9-6-12(7-10(2)16-9)17-13(15)11-4-3-5-14-8-11/h9-12,14H,3-8H2,1-2H3/t9?,10?,11-,12?/m1/s1. The summed E-state index contributed by atoms with van der Waals surface area (Å²) >= 11 is 0. The average Bonchev–Trinajstić information content (AvgIpc) is 2.28. The highest BCUT2D eigenvalue weighted by atomic mass is 16.6. The molecule has 1 N–H and O–H groups in total. The van der Waals surface area contributed by atoms with E-state index < -0.39 is 0 Å². The van der Waals surface area contributed by atoms with E-state index in [1.165, 1.54) is 0 Å². The molecular weight excluding hydrogens is 218 g/mol. The molecule has 0 spiro atoms. The number of nitrogens with one attached hydrogen (secondary N) is 1. The SMILES string of the molecule is CC1CC(OC(=O)[C@@H]2CCCNC2)CC(C)O1. The van der Waals surface area contributed by atoms with Crippen LogP contribution in [0.5, 0.6) is 0 Å². The molecule has 0 saturated carbocycles. The molecule has 17 heavy (non-hydrogen) atoms. The fourth-order valence-electron chi connectivity index (χ4n) is 2.75. The van der Waals surface area contributed by atoms with Crippen LogP contribution < -0.4 is 5.32 Å². The van der Waals surface area contributed by atoms with Crippen LogP contribution >= 0.6 is 0 Å². The first-order valence-electron chi connectivity index (χ1n) is 6.72. The van der Waals surface area contributed by atoms with Crippen molar-refractivity contribution in [1.82, 2.24) is 5.32 Å². The molecule has 0 bridgehead atoms. The quantitative estimate of drug-likeness (QED) is 0.744. The van der Waals surface area contributed by atoms with Crippen molar-refractivity contribution < 1.29 is 14.3 Å². The van der Waals surface area contributed by atoms with Gasteiger partial charge in [-0.1, -0.05) is 0 Å². The largest absolute Gasteiger partial charge is 0.462 e. The second kappa shape index (κ2) is 5.83. The van der Waals surface area contributed by atoms with E-state index in [9.17, 15) is 4.79 Å². The van der Waals surface area contributed by atoms with Crippen LogP contribution in [-0.2, 0) is 14.3 Å². The number of piperidine rings is 1. The van der Waals surface area contributed by atoms with E-state index in [-0.39, 0.29) is 30.2 Å². The minimum absolute atomic E-state index is 0.0245. The molecule has 98 valence electrons. The monoisotopic (exact) mass is 241 g/mol. The van der Waals surface area contributed by atoms with Crippen LogP contribution in [0.25, 0.3) is 0 Å². The predicted molar refractivity (Wildman–Crippen MR) is 64.7 cm³/mol. The number of carbonyl (C=O) groups excluding carboxylic acids is 1. The number of carbonyl (C=O) groups is 1. The third kappa shape index (κ3) is 3.68. The van der Waals surface area contributed by atoms with Crippen molar-refractivity contribution in [3.8, 4) is 0 Å². The van der Waals surface area contributed by atoms with Crippen molar-refractivity contribution in [2.24, 2.45) is 5.92 Å². The number of rotatable bonds is 2. The summed E-state index contributed by atoms with van der Waals surface area (Å²) in [6.07, 6.45) is 4.12. The van der Waals surface area contributed by atoms with Crippen molar-refractivity contribution in [1.29, 1.82) is 0 Å². The zero-order chi connectivity index (χ0) is 12.3. The molecule has 0 aromatic rings. The highest BCUT2D eigenvalue weighted by Gasteiger charge is 2.30. The lowest BCUT2D eigenvalue weighted by Crippen LogP contribution is -2.40. The van der Waals surface area contributed by atoms with Gasteiger partial charge in [0.25, 0.3) is 0 Å². The Hall–Kier alpha value is -0.610. The summed E-state index contributed by atoms with van der Waals surface area (Å²) in [6.45, 7) is 5.87. The van der Waals surface area contributed by atoms with E-state index in [0.717, 1.165) is 38.8 Å². The number of ether oxygens (including phenoxy) is 2. The van der Waals surface area contributed by atoms with Gasteiger partial charge in [-0.05, 0) is 33.2 Å². The molecule has 2 aliphatic heterocycles. The molecule has 2 fully saturated rings. The highest BCUT2D eigenvalue weighted by molar-refractivity contribution is 5.73. The van der Waals surface area contributed by atoms with Crippen LogP contribution in [0.4, 0.5) is 0 Å². The van der Waals surface area contributed by atoms with Gasteiger partial charge in [0.15, 0.2) is 0 Å². The lowest BCUT2D eigenvalue weighted by molar-refractivity contribution is -0.164. The molecule has 0 aliphatic carbocycles. The molecule has 0 radical (unpaired) electrons. The summed E-state index contributed by atoms with van der Waals surface area (Å²) in [6, 6.07) is 0. The summed E-state index contributed by atoms with van der Waals surface area (Å²) in [7, 11) is 0. The summed E-state index contributed by atoms with van der Waals surface area (Å²) in [5.41, 5.74) is 0. The van der Waals surface area contributed by atoms with E-state index in [1.807, 2.05) is 13.8 Å². The van der Waals surface area contributed by atoms with Gasteiger partial charge in [-0.2, -0.15) is 0 Å². The predicted octanol–water partition coefficient (Wildman–Crippen LogP) is 1.49. The molecular formula is C13H23NO3. The van der Waals surface area contributed by atoms with E-state index >= 15 is 0 Å². The molecule has 2 saturated heterocycles. The van der Waals surface area contributed by atoms with Gasteiger partial charge in [-0.25, -0.2) is 0 Å². The third-order valence-electron chi connectivity index (χ3n) is 3.57. The minimum atomic E-state index is -0.0245. The van der Waals surface area contributed by atoms with Crippen molar-refractivity contribution in [2.75, 3.05) is 13.1 Å². The van der Waals surface area contributed by atoms with Gasteiger partial charge in [-0.3, -0.25) is 4.79 Å². The highest BCUT2D eigenvalue weighted by Crippen LogP contribution is 2.23. The Labute approximate surface area is 103 Å². The Balaban J connectivity index is 1.80. The van der Waals surface area contributed by atoms with Crippen LogP contribution in [-0.4, -0.2) is 37.4 Å². The zero-order valence-corrected chi connectivity index (χ0v) is 10.8. The zero-order valence-electron chi connectivity index (χ0n) is 10.8. The molecule has 0 amide bonds. The van der Waals surface area contributed by atoms with Crippen LogP contribution in [0.2, 0.25) is 0 Å². The van der Waals surface area contributed by atoms with Crippen LogP contribution in [0.15, 0.2) is 0 Å². The van der Waals surface area contributed by atoms with Crippen LogP contribution in [0, 0.1) is 5.92 Å². The number of hydrogen-bond donors (Lipinski definition) is 1. The second-order valence-electron chi connectivity index (χ2n) is 5.33. The van der Waals surface area contributed by atoms with Gasteiger partial charge in [0.1, 0.15) is 6.10 Å². The summed E-state index contributed by atoms with van der Waals surface area (Å²) in [5, 5.41) is 3.25. The second-order valence-corrected chi connectivity index (χ2v) is 5.33. The fraction of sp³-hybridized carbons (Fsp3) is 0.923. The molecule has 2 unspecified atom stereocenters. The third-order valence-corrected chi connectivity index (χ3v) is 3.57. The smallest absolute Gasteiger partial charge is 0.310 e. The van der Waals surface area contributed by atoms with E-state index in [2.05, 4.69) is 5.32 Å². The minimum Gasteiger partial charge on any atom is -0.462 e. The van der Waals surface area contributed by atoms with Crippen LogP contribution in [0.3, 0.4) is 0 Å². The van der Waals surface area contributed by atoms with Crippen molar-refractivity contribution in [3.05, 3.63) is 0 Å². The maximum Gasteiger partial charge on any atom is 0.310 e. The molecule has 2 aliphatic rings. The summed E-state index contributed by atoms with van der Waals surface area (Å²) in [5.74, 6) is 0.0284. The Kier molecular flexibility index (Phi) is 4.40. The topological polar surface area (TPSA) is 47.6 Å². The van der Waals surface area contributed by atoms with Gasteiger partial charge in [0, 0.05) is 19.4 Å². The van der Waals surface area contributed by atoms with E-state index in [0.29, 0.717) is 0 Å². The molecule has 3 atom stereocenters. The van der Waals surface area contributed by atoms with Crippen molar-refractivity contribution in [2.45, 2.75) is 57.8 Å². The first kappa shape index (κ1) is 12.8. The Morgan fingerprint density at radius 2 is 2.00 bits per heavy atom. The van der Waals surface area contributed by atoms with E-state index in [4.69, 9.17) is 9.47 Å². The summed E-state index contributed by atoms with van der Waals surface area (Å²) in [4.78, 5) is 12.0. The number of esters is 1. The van der Waals surface area contributed by atoms with Crippen molar-refractivity contribution in [3.63, 3.8) is 0 Å². The fourth-order valence-corrected chi connectivity index (χ4v) is 2.75. The van der Waals surface area contributed by atoms with Crippen molar-refractivity contribution >= 4 is 5.97 Å². The summed E-state index contributed by atoms with van der Waals surface area (Å²) < 4.78 is 11.3. The molecule has 2 rings (SSSR count). The first-order chi connectivity index (χ1) is 8.15. The maximum atomic E-state index is 12.0. The molecule has 0 aromatic heterocycles. The molecule has 0 aromatic carbocycles. The molecule has 2 heterocycles. The lowest BCUT2D eigenvalue weighted by atomic mass is 9.99. The Morgan fingerprint density at radius 3 is 2.59 bits per heavy atom. The van der Waals surface area contributed by atoms with Gasteiger partial charge in [0.05, 0.1) is 18.1 Å². The van der Waals surface area contributed by atoms with Gasteiger partial charge in [-0.15, -0.1) is 0 Å². The van der Waals surface area contributed by atoms with E-state index in [1.54, 1.807) is 0 Å². The average molecular weight is 241 g/mol. The Morgan fingerprint density at radius 1 is 1.29 bits per heavy atom. The molecule has 4 heteroatoms. The maximum absolute atomic E-state index is 12.0. The lowest BCUT2D eigenvalue weighted by Gasteiger charge is -2.33.